The fraction of sp³-hybridized carbons (Fsp3) is 0.579. The second-order valence-corrected chi connectivity index (χ2v) is 7.03. The molecule has 0 aliphatic heterocycles. The Bertz CT molecular complexity index is 383. The SMILES string of the molecule is C/C=C(\C=C/N)C(C)(C)C.CC/C=C(\C=C/N)C(C)(C)C. The van der Waals surface area contributed by atoms with Crippen LogP contribution in [0, 0.1) is 10.8 Å². The first kappa shape index (κ1) is 21.9. The molecule has 0 spiro atoms. The number of allylic oxidation sites excluding steroid dienone is 6. The molecule has 0 rings (SSSR count). The van der Waals surface area contributed by atoms with Gasteiger partial charge in [0.05, 0.1) is 0 Å². The number of nitrogens with two attached hydrogens (primary N) is 2. The predicted molar refractivity (Wildman–Crippen MR) is 97.7 cm³/mol. The maximum Gasteiger partial charge on any atom is -0.00595 e. The van der Waals surface area contributed by atoms with Crippen LogP contribution in [-0.4, -0.2) is 0 Å². The van der Waals surface area contributed by atoms with Crippen LogP contribution in [0.5, 0.6) is 0 Å². The van der Waals surface area contributed by atoms with E-state index in [2.05, 4.69) is 60.6 Å². The Morgan fingerprint density at radius 1 is 0.810 bits per heavy atom. The topological polar surface area (TPSA) is 52.0 Å². The molecule has 2 nitrogen and oxygen atoms in total. The van der Waals surface area contributed by atoms with Crippen molar-refractivity contribution in [1.29, 1.82) is 0 Å². The largest absolute Gasteiger partial charge is 0.405 e. The quantitative estimate of drug-likeness (QED) is 0.694. The van der Waals surface area contributed by atoms with E-state index in [4.69, 9.17) is 11.5 Å². The monoisotopic (exact) mass is 292 g/mol. The summed E-state index contributed by atoms with van der Waals surface area (Å²) in [7, 11) is 0. The first-order valence-electron chi connectivity index (χ1n) is 7.68. The van der Waals surface area contributed by atoms with Crippen LogP contribution in [0.3, 0.4) is 0 Å². The van der Waals surface area contributed by atoms with Gasteiger partial charge in [0.25, 0.3) is 0 Å². The van der Waals surface area contributed by atoms with E-state index < -0.39 is 0 Å². The minimum atomic E-state index is 0.213. The molecule has 0 fully saturated rings. The summed E-state index contributed by atoms with van der Waals surface area (Å²) in [5.74, 6) is 0. The van der Waals surface area contributed by atoms with Crippen LogP contribution >= 0.6 is 0 Å². The molecule has 0 aliphatic rings. The molecule has 0 bridgehead atoms. The normalized spacial score (nSPS) is 14.5. The highest BCUT2D eigenvalue weighted by Crippen LogP contribution is 2.26. The molecule has 0 saturated carbocycles. The highest BCUT2D eigenvalue weighted by Gasteiger charge is 2.13. The van der Waals surface area contributed by atoms with E-state index in [1.54, 1.807) is 12.4 Å². The van der Waals surface area contributed by atoms with Gasteiger partial charge in [-0.3, -0.25) is 0 Å². The van der Waals surface area contributed by atoms with Crippen LogP contribution in [0.25, 0.3) is 0 Å². The van der Waals surface area contributed by atoms with Gasteiger partial charge < -0.3 is 11.5 Å². The summed E-state index contributed by atoms with van der Waals surface area (Å²) < 4.78 is 0. The van der Waals surface area contributed by atoms with Crippen molar-refractivity contribution < 1.29 is 0 Å². The molecule has 0 saturated heterocycles. The molecule has 0 aromatic carbocycles. The molecule has 0 amide bonds. The van der Waals surface area contributed by atoms with Gasteiger partial charge in [0.1, 0.15) is 0 Å². The van der Waals surface area contributed by atoms with Crippen molar-refractivity contribution in [3.05, 3.63) is 47.9 Å². The highest BCUT2D eigenvalue weighted by molar-refractivity contribution is 5.24. The second-order valence-electron chi connectivity index (χ2n) is 7.03. The lowest BCUT2D eigenvalue weighted by molar-refractivity contribution is 0.515. The minimum absolute atomic E-state index is 0.213. The van der Waals surface area contributed by atoms with Crippen molar-refractivity contribution in [3.8, 4) is 0 Å². The van der Waals surface area contributed by atoms with Crippen molar-refractivity contribution in [2.24, 2.45) is 22.3 Å². The van der Waals surface area contributed by atoms with Crippen LogP contribution in [0.4, 0.5) is 0 Å². The van der Waals surface area contributed by atoms with E-state index in [1.165, 1.54) is 11.1 Å². The van der Waals surface area contributed by atoms with Gasteiger partial charge in [-0.15, -0.1) is 0 Å². The Kier molecular flexibility index (Phi) is 10.7. The molecular formula is C19H36N2. The minimum Gasteiger partial charge on any atom is -0.405 e. The standard InChI is InChI=1S/C10H19N.C9H17N/c1-5-6-9(7-8-11)10(2,3)4;1-5-8(6-7-10)9(2,3)4/h6-8H,5,11H2,1-4H3;5-7H,10H2,1-4H3/b8-7-,9-6+;7-6-,8-5+. The first-order valence-corrected chi connectivity index (χ1v) is 7.68. The Morgan fingerprint density at radius 2 is 1.19 bits per heavy atom. The van der Waals surface area contributed by atoms with Gasteiger partial charge in [-0.05, 0) is 59.9 Å². The zero-order valence-corrected chi connectivity index (χ0v) is 15.3. The molecule has 0 atom stereocenters. The molecule has 21 heavy (non-hydrogen) atoms. The fourth-order valence-corrected chi connectivity index (χ4v) is 1.83. The molecule has 0 unspecified atom stereocenters. The molecule has 0 aromatic heterocycles. The smallest absolute Gasteiger partial charge is 0.00595 e. The third-order valence-electron chi connectivity index (χ3n) is 3.02. The maximum absolute atomic E-state index is 5.33. The third kappa shape index (κ3) is 10.9. The average molecular weight is 293 g/mol. The second kappa shape index (κ2) is 10.3. The van der Waals surface area contributed by atoms with Gasteiger partial charge >= 0.3 is 0 Å². The molecule has 0 heterocycles. The van der Waals surface area contributed by atoms with Crippen LogP contribution in [0.2, 0.25) is 0 Å². The van der Waals surface area contributed by atoms with Crippen molar-refractivity contribution in [2.45, 2.75) is 61.8 Å². The van der Waals surface area contributed by atoms with Gasteiger partial charge in [-0.1, -0.05) is 60.6 Å². The molecule has 0 radical (unpaired) electrons. The molecule has 0 aliphatic carbocycles. The van der Waals surface area contributed by atoms with Crippen molar-refractivity contribution in [1.82, 2.24) is 0 Å². The van der Waals surface area contributed by atoms with Crippen LogP contribution in [-0.2, 0) is 0 Å². The fourth-order valence-electron chi connectivity index (χ4n) is 1.83. The van der Waals surface area contributed by atoms with Crippen molar-refractivity contribution >= 4 is 0 Å². The maximum atomic E-state index is 5.33. The molecule has 4 N–H and O–H groups in total. The van der Waals surface area contributed by atoms with Crippen LogP contribution in [0.1, 0.15) is 61.8 Å². The Hall–Kier alpha value is -1.44. The van der Waals surface area contributed by atoms with Crippen LogP contribution in [0.15, 0.2) is 47.9 Å². The summed E-state index contributed by atoms with van der Waals surface area (Å²) in [5.41, 5.74) is 13.6. The lowest BCUT2D eigenvalue weighted by Gasteiger charge is -2.19. The zero-order valence-electron chi connectivity index (χ0n) is 15.3. The van der Waals surface area contributed by atoms with Crippen LogP contribution < -0.4 is 11.5 Å². The lowest BCUT2D eigenvalue weighted by Crippen LogP contribution is -2.07. The van der Waals surface area contributed by atoms with Gasteiger partial charge in [-0.25, -0.2) is 0 Å². The summed E-state index contributed by atoms with van der Waals surface area (Å²) in [6.45, 7) is 17.2. The van der Waals surface area contributed by atoms with E-state index in [9.17, 15) is 0 Å². The van der Waals surface area contributed by atoms with Gasteiger partial charge in [0, 0.05) is 0 Å². The van der Waals surface area contributed by atoms with E-state index in [0.29, 0.717) is 0 Å². The van der Waals surface area contributed by atoms with E-state index >= 15 is 0 Å². The van der Waals surface area contributed by atoms with E-state index in [-0.39, 0.29) is 10.8 Å². The lowest BCUT2D eigenvalue weighted by atomic mass is 9.86. The number of hydrogen-bond acceptors (Lipinski definition) is 2. The first-order chi connectivity index (χ1) is 9.54. The summed E-state index contributed by atoms with van der Waals surface area (Å²) in [5, 5.41) is 0. The number of rotatable bonds is 3. The van der Waals surface area contributed by atoms with Crippen molar-refractivity contribution in [2.75, 3.05) is 0 Å². The Balaban J connectivity index is 0. The van der Waals surface area contributed by atoms with E-state index in [1.807, 2.05) is 19.1 Å². The summed E-state index contributed by atoms with van der Waals surface area (Å²) >= 11 is 0. The average Bonchev–Trinajstić information content (AvgIpc) is 2.34. The molecule has 0 aromatic rings. The molecule has 2 heteroatoms. The van der Waals surface area contributed by atoms with Gasteiger partial charge in [-0.2, -0.15) is 0 Å². The molecular weight excluding hydrogens is 256 g/mol. The predicted octanol–water partition coefficient (Wildman–Crippen LogP) is 5.29. The zero-order chi connectivity index (χ0) is 17.1. The summed E-state index contributed by atoms with van der Waals surface area (Å²) in [6, 6.07) is 0. The van der Waals surface area contributed by atoms with Gasteiger partial charge in [0.15, 0.2) is 0 Å². The Morgan fingerprint density at radius 3 is 1.38 bits per heavy atom. The van der Waals surface area contributed by atoms with Crippen molar-refractivity contribution in [3.63, 3.8) is 0 Å². The summed E-state index contributed by atoms with van der Waals surface area (Å²) in [6.07, 6.45) is 12.5. The van der Waals surface area contributed by atoms with E-state index in [0.717, 1.165) is 6.42 Å². The molecule has 122 valence electrons. The Labute approximate surface area is 132 Å². The number of hydrogen-bond donors (Lipinski definition) is 2. The van der Waals surface area contributed by atoms with Gasteiger partial charge in [0.2, 0.25) is 0 Å². The third-order valence-corrected chi connectivity index (χ3v) is 3.02. The highest BCUT2D eigenvalue weighted by atomic mass is 14.5. The summed E-state index contributed by atoms with van der Waals surface area (Å²) in [4.78, 5) is 0.